The minimum absolute atomic E-state index is 0.0444. The Bertz CT molecular complexity index is 538. The van der Waals surface area contributed by atoms with Crippen LogP contribution in [0.4, 0.5) is 0 Å². The lowest BCUT2D eigenvalue weighted by molar-refractivity contribution is -0.152. The van der Waals surface area contributed by atoms with Gasteiger partial charge in [-0.25, -0.2) is 4.79 Å². The summed E-state index contributed by atoms with van der Waals surface area (Å²) in [6, 6.07) is 2.96. The lowest BCUT2D eigenvalue weighted by atomic mass is 10.1. The van der Waals surface area contributed by atoms with Crippen LogP contribution in [0.15, 0.2) is 12.1 Å². The van der Waals surface area contributed by atoms with Gasteiger partial charge in [-0.15, -0.1) is 0 Å². The largest absolute Gasteiger partial charge is 0.478 e. The molecule has 0 bridgehead atoms. The minimum Gasteiger partial charge on any atom is -0.478 e. The molecule has 6 heteroatoms. The molecule has 0 saturated carbocycles. The fourth-order valence-corrected chi connectivity index (χ4v) is 1.97. The summed E-state index contributed by atoms with van der Waals surface area (Å²) in [7, 11) is 0. The van der Waals surface area contributed by atoms with E-state index in [0.717, 1.165) is 0 Å². The zero-order valence-electron chi connectivity index (χ0n) is 11.5. The number of ether oxygens (including phenoxy) is 1. The van der Waals surface area contributed by atoms with E-state index in [1.54, 1.807) is 0 Å². The zero-order chi connectivity index (χ0) is 15.5. The Labute approximate surface area is 127 Å². The van der Waals surface area contributed by atoms with Gasteiger partial charge in [-0.1, -0.05) is 30.1 Å². The third-order valence-corrected chi connectivity index (χ3v) is 3.57. The molecule has 0 atom stereocenters. The van der Waals surface area contributed by atoms with Crippen molar-refractivity contribution in [3.63, 3.8) is 0 Å². The molecule has 0 aliphatic heterocycles. The number of carbonyl (C=O) groups is 2. The van der Waals surface area contributed by atoms with Crippen molar-refractivity contribution in [1.82, 2.24) is 0 Å². The summed E-state index contributed by atoms with van der Waals surface area (Å²) in [5, 5.41) is 9.15. The first-order chi connectivity index (χ1) is 9.20. The molecule has 0 amide bonds. The first-order valence-electron chi connectivity index (χ1n) is 6.14. The highest BCUT2D eigenvalue weighted by Gasteiger charge is 2.31. The van der Waals surface area contributed by atoms with Gasteiger partial charge in [-0.05, 0) is 32.4 Å². The maximum absolute atomic E-state index is 11.8. The molecule has 0 unspecified atom stereocenters. The number of aliphatic carboxylic acids is 1. The Morgan fingerprint density at radius 3 is 2.35 bits per heavy atom. The molecule has 110 valence electrons. The molecule has 0 aliphatic rings. The summed E-state index contributed by atoms with van der Waals surface area (Å²) in [5.41, 5.74) is -1.12. The van der Waals surface area contributed by atoms with Crippen LogP contribution in [-0.2, 0) is 4.79 Å². The molecule has 0 radical (unpaired) electrons. The second-order valence-corrected chi connectivity index (χ2v) is 5.59. The summed E-state index contributed by atoms with van der Waals surface area (Å²) >= 11 is 12.1. The predicted molar refractivity (Wildman–Crippen MR) is 78.0 cm³/mol. The molecule has 0 saturated heterocycles. The topological polar surface area (TPSA) is 63.6 Å². The van der Waals surface area contributed by atoms with E-state index in [1.165, 1.54) is 26.0 Å². The van der Waals surface area contributed by atoms with Gasteiger partial charge in [0.1, 0.15) is 10.8 Å². The third kappa shape index (κ3) is 3.64. The standard InChI is InChI=1S/C14H16Cl2O4/c1-4-5-9(17)8-6-7-10(12(16)11(8)15)20-14(2,3)13(18)19/h6-7H,4-5H2,1-3H3,(H,18,19). The van der Waals surface area contributed by atoms with Crippen LogP contribution in [0, 0.1) is 0 Å². The lowest BCUT2D eigenvalue weighted by Crippen LogP contribution is -2.38. The van der Waals surface area contributed by atoms with Crippen molar-refractivity contribution in [3.8, 4) is 5.75 Å². The van der Waals surface area contributed by atoms with Gasteiger partial charge in [0.15, 0.2) is 11.4 Å². The van der Waals surface area contributed by atoms with Crippen LogP contribution in [0.3, 0.4) is 0 Å². The first-order valence-corrected chi connectivity index (χ1v) is 6.90. The van der Waals surface area contributed by atoms with Gasteiger partial charge in [0.25, 0.3) is 0 Å². The van der Waals surface area contributed by atoms with Crippen molar-refractivity contribution in [2.45, 2.75) is 39.2 Å². The van der Waals surface area contributed by atoms with E-state index >= 15 is 0 Å². The van der Waals surface area contributed by atoms with Gasteiger partial charge in [-0.2, -0.15) is 0 Å². The van der Waals surface area contributed by atoms with Crippen molar-refractivity contribution < 1.29 is 19.4 Å². The van der Waals surface area contributed by atoms with E-state index in [-0.39, 0.29) is 21.6 Å². The fraction of sp³-hybridized carbons (Fsp3) is 0.429. The van der Waals surface area contributed by atoms with Crippen LogP contribution >= 0.6 is 23.2 Å². The van der Waals surface area contributed by atoms with E-state index in [1.807, 2.05) is 6.92 Å². The van der Waals surface area contributed by atoms with Crippen LogP contribution in [-0.4, -0.2) is 22.5 Å². The van der Waals surface area contributed by atoms with Gasteiger partial charge in [0, 0.05) is 12.0 Å². The monoisotopic (exact) mass is 318 g/mol. The fourth-order valence-electron chi connectivity index (χ4n) is 1.51. The Morgan fingerprint density at radius 2 is 1.85 bits per heavy atom. The lowest BCUT2D eigenvalue weighted by Gasteiger charge is -2.22. The minimum atomic E-state index is -1.44. The van der Waals surface area contributed by atoms with Gasteiger partial charge in [0.2, 0.25) is 0 Å². The predicted octanol–water partition coefficient (Wildman–Crippen LogP) is 4.22. The van der Waals surface area contributed by atoms with E-state index in [4.69, 9.17) is 33.0 Å². The maximum atomic E-state index is 11.8. The van der Waals surface area contributed by atoms with Crippen molar-refractivity contribution in [2.24, 2.45) is 0 Å². The molecule has 4 nitrogen and oxygen atoms in total. The third-order valence-electron chi connectivity index (χ3n) is 2.70. The van der Waals surface area contributed by atoms with Gasteiger partial charge in [-0.3, -0.25) is 4.79 Å². The Balaban J connectivity index is 3.13. The average molecular weight is 319 g/mol. The number of rotatable bonds is 6. The quantitative estimate of drug-likeness (QED) is 0.798. The average Bonchev–Trinajstić information content (AvgIpc) is 2.35. The van der Waals surface area contributed by atoms with Crippen LogP contribution in [0.25, 0.3) is 0 Å². The van der Waals surface area contributed by atoms with Crippen LogP contribution < -0.4 is 4.74 Å². The number of hydrogen-bond acceptors (Lipinski definition) is 3. The normalized spacial score (nSPS) is 11.2. The second-order valence-electron chi connectivity index (χ2n) is 4.83. The molecular formula is C14H16Cl2O4. The summed E-state index contributed by atoms with van der Waals surface area (Å²) in [6.45, 7) is 4.69. The number of Topliss-reactive ketones (excluding diaryl/α,β-unsaturated/α-hetero) is 1. The SMILES string of the molecule is CCCC(=O)c1ccc(OC(C)(C)C(=O)O)c(Cl)c1Cl. The molecule has 1 N–H and O–H groups in total. The van der Waals surface area contributed by atoms with E-state index in [9.17, 15) is 9.59 Å². The Kier molecular flexibility index (Phi) is 5.42. The van der Waals surface area contributed by atoms with Crippen LogP contribution in [0.2, 0.25) is 10.0 Å². The molecule has 0 heterocycles. The highest BCUT2D eigenvalue weighted by atomic mass is 35.5. The van der Waals surface area contributed by atoms with Gasteiger partial charge in [0.05, 0.1) is 5.02 Å². The number of hydrogen-bond donors (Lipinski definition) is 1. The van der Waals surface area contributed by atoms with Crippen molar-refractivity contribution in [1.29, 1.82) is 0 Å². The first kappa shape index (κ1) is 16.8. The Morgan fingerprint density at radius 1 is 1.25 bits per heavy atom. The van der Waals surface area contributed by atoms with Crippen molar-refractivity contribution in [2.75, 3.05) is 0 Å². The molecule has 0 spiro atoms. The number of benzene rings is 1. The zero-order valence-corrected chi connectivity index (χ0v) is 13.0. The molecule has 1 aromatic rings. The van der Waals surface area contributed by atoms with Crippen LogP contribution in [0.5, 0.6) is 5.75 Å². The highest BCUT2D eigenvalue weighted by Crippen LogP contribution is 2.37. The van der Waals surface area contributed by atoms with E-state index < -0.39 is 11.6 Å². The molecular weight excluding hydrogens is 303 g/mol. The summed E-state index contributed by atoms with van der Waals surface area (Å²) < 4.78 is 5.34. The van der Waals surface area contributed by atoms with Gasteiger partial charge < -0.3 is 9.84 Å². The molecule has 0 fully saturated rings. The number of carboxylic acid groups (broad SMARTS) is 1. The number of carbonyl (C=O) groups excluding carboxylic acids is 1. The second kappa shape index (κ2) is 6.46. The maximum Gasteiger partial charge on any atom is 0.347 e. The van der Waals surface area contributed by atoms with Crippen molar-refractivity contribution >= 4 is 35.0 Å². The molecule has 0 aromatic heterocycles. The summed E-state index contributed by atoms with van der Waals surface area (Å²) in [4.78, 5) is 22.9. The summed E-state index contributed by atoms with van der Waals surface area (Å²) in [6.07, 6.45) is 1.08. The molecule has 0 aliphatic carbocycles. The van der Waals surface area contributed by atoms with E-state index in [2.05, 4.69) is 0 Å². The number of carboxylic acids is 1. The number of ketones is 1. The van der Waals surface area contributed by atoms with Gasteiger partial charge >= 0.3 is 5.97 Å². The number of halogens is 2. The van der Waals surface area contributed by atoms with Crippen molar-refractivity contribution in [3.05, 3.63) is 27.7 Å². The molecule has 1 aromatic carbocycles. The molecule has 1 rings (SSSR count). The van der Waals surface area contributed by atoms with Crippen LogP contribution in [0.1, 0.15) is 44.0 Å². The molecule has 20 heavy (non-hydrogen) atoms. The highest BCUT2D eigenvalue weighted by molar-refractivity contribution is 6.44. The van der Waals surface area contributed by atoms with E-state index in [0.29, 0.717) is 18.4 Å². The smallest absolute Gasteiger partial charge is 0.347 e. The summed E-state index contributed by atoms with van der Waals surface area (Å²) in [5.74, 6) is -1.10. The Hall–Kier alpha value is -1.26.